The van der Waals surface area contributed by atoms with Crippen LogP contribution in [0.4, 0.5) is 4.39 Å². The van der Waals surface area contributed by atoms with Crippen LogP contribution in [0.1, 0.15) is 23.1 Å². The predicted octanol–water partition coefficient (Wildman–Crippen LogP) is 2.35. The second-order valence-corrected chi connectivity index (χ2v) is 7.09. The van der Waals surface area contributed by atoms with E-state index in [4.69, 9.17) is 4.74 Å². The largest absolute Gasteiger partial charge is 0.380 e. The number of ether oxygens (including phenoxy) is 1. The molecule has 27 heavy (non-hydrogen) atoms. The van der Waals surface area contributed by atoms with E-state index in [1.165, 1.54) is 11.6 Å². The Morgan fingerprint density at radius 2 is 2.26 bits per heavy atom. The summed E-state index contributed by atoms with van der Waals surface area (Å²) in [5.74, 6) is 1.26. The second-order valence-electron chi connectivity index (χ2n) is 7.09. The molecule has 1 fully saturated rings. The van der Waals surface area contributed by atoms with Gasteiger partial charge in [0.2, 0.25) is 0 Å². The Labute approximate surface area is 160 Å². The number of nitrogens with zero attached hydrogens (tertiary/aromatic N) is 4. The fraction of sp³-hybridized carbons (Fsp3) is 0.500. The summed E-state index contributed by atoms with van der Waals surface area (Å²) in [6.07, 6.45) is 6.22. The first-order valence-electron chi connectivity index (χ1n) is 9.28. The van der Waals surface area contributed by atoms with Crippen molar-refractivity contribution in [3.05, 3.63) is 53.1 Å². The number of aryl methyl sites for hydroxylation is 1. The number of rotatable bonds is 6. The molecule has 6 nitrogen and oxygen atoms in total. The van der Waals surface area contributed by atoms with Gasteiger partial charge in [-0.3, -0.25) is 9.67 Å². The Balaban J connectivity index is 1.54. The smallest absolute Gasteiger partial charge is 0.193 e. The standard InChI is InChI=1S/C20H28FN5O/c1-22-20(23-10-15-4-5-19(21)18(9-15)14-27-3)26-7-6-16(13-26)8-17-11-24-25(2)12-17/h4-5,9,11-12,16H,6-8,10,13-14H2,1-3H3,(H,22,23). The molecule has 0 amide bonds. The van der Waals surface area contributed by atoms with Crippen LogP contribution in [-0.2, 0) is 31.4 Å². The monoisotopic (exact) mass is 373 g/mol. The molecule has 1 aromatic heterocycles. The quantitative estimate of drug-likeness (QED) is 0.624. The lowest BCUT2D eigenvalue weighted by Crippen LogP contribution is -2.39. The Bertz CT molecular complexity index is 788. The third-order valence-corrected chi connectivity index (χ3v) is 4.94. The second kappa shape index (κ2) is 8.99. The molecule has 0 aliphatic carbocycles. The van der Waals surface area contributed by atoms with Crippen molar-refractivity contribution < 1.29 is 9.13 Å². The van der Waals surface area contributed by atoms with Crippen LogP contribution >= 0.6 is 0 Å². The summed E-state index contributed by atoms with van der Waals surface area (Å²) >= 11 is 0. The van der Waals surface area contributed by atoms with Crippen LogP contribution in [0.15, 0.2) is 35.6 Å². The molecule has 0 bridgehead atoms. The molecule has 2 heterocycles. The number of hydrogen-bond acceptors (Lipinski definition) is 3. The lowest BCUT2D eigenvalue weighted by molar-refractivity contribution is 0.181. The number of methoxy groups -OCH3 is 1. The minimum absolute atomic E-state index is 0.234. The van der Waals surface area contributed by atoms with Gasteiger partial charge in [0.15, 0.2) is 5.96 Å². The number of benzene rings is 1. The zero-order valence-corrected chi connectivity index (χ0v) is 16.3. The van der Waals surface area contributed by atoms with Gasteiger partial charge in [-0.05, 0) is 42.0 Å². The summed E-state index contributed by atoms with van der Waals surface area (Å²) < 4.78 is 20.7. The maximum atomic E-state index is 13.8. The number of guanidine groups is 1. The Morgan fingerprint density at radius 1 is 1.41 bits per heavy atom. The molecule has 3 rings (SSSR count). The lowest BCUT2D eigenvalue weighted by Gasteiger charge is -2.22. The number of aromatic nitrogens is 2. The van der Waals surface area contributed by atoms with E-state index < -0.39 is 0 Å². The van der Waals surface area contributed by atoms with E-state index in [9.17, 15) is 4.39 Å². The first-order valence-corrected chi connectivity index (χ1v) is 9.28. The van der Waals surface area contributed by atoms with Crippen molar-refractivity contribution in [3.8, 4) is 0 Å². The number of halogens is 1. The van der Waals surface area contributed by atoms with Crippen molar-refractivity contribution in [2.45, 2.75) is 26.0 Å². The van der Waals surface area contributed by atoms with E-state index >= 15 is 0 Å². The molecule has 1 aromatic carbocycles. The summed E-state index contributed by atoms with van der Waals surface area (Å²) in [6, 6.07) is 5.13. The topological polar surface area (TPSA) is 54.7 Å². The van der Waals surface area contributed by atoms with Crippen molar-refractivity contribution in [3.63, 3.8) is 0 Å². The van der Waals surface area contributed by atoms with Crippen LogP contribution in [0.5, 0.6) is 0 Å². The average molecular weight is 373 g/mol. The van der Waals surface area contributed by atoms with E-state index in [0.29, 0.717) is 18.0 Å². The van der Waals surface area contributed by atoms with Crippen molar-refractivity contribution in [1.29, 1.82) is 0 Å². The van der Waals surface area contributed by atoms with Gasteiger partial charge in [-0.25, -0.2) is 4.39 Å². The summed E-state index contributed by atoms with van der Waals surface area (Å²) in [7, 11) is 5.32. The van der Waals surface area contributed by atoms with Crippen LogP contribution in [0.2, 0.25) is 0 Å². The van der Waals surface area contributed by atoms with Crippen LogP contribution in [0.25, 0.3) is 0 Å². The van der Waals surface area contributed by atoms with E-state index in [-0.39, 0.29) is 12.4 Å². The molecule has 0 radical (unpaired) electrons. The van der Waals surface area contributed by atoms with Gasteiger partial charge in [0.25, 0.3) is 0 Å². The van der Waals surface area contributed by atoms with Crippen LogP contribution in [0.3, 0.4) is 0 Å². The van der Waals surface area contributed by atoms with E-state index in [2.05, 4.69) is 26.5 Å². The fourth-order valence-corrected chi connectivity index (χ4v) is 3.62. The Morgan fingerprint density at radius 3 is 2.96 bits per heavy atom. The number of nitrogens with one attached hydrogen (secondary N) is 1. The summed E-state index contributed by atoms with van der Waals surface area (Å²) in [6.45, 7) is 2.85. The normalized spacial score (nSPS) is 17.6. The molecule has 1 atom stereocenters. The van der Waals surface area contributed by atoms with Crippen LogP contribution < -0.4 is 5.32 Å². The summed E-state index contributed by atoms with van der Waals surface area (Å²) in [4.78, 5) is 6.72. The molecule has 0 saturated carbocycles. The fourth-order valence-electron chi connectivity index (χ4n) is 3.62. The van der Waals surface area contributed by atoms with Crippen molar-refractivity contribution in [1.82, 2.24) is 20.0 Å². The molecule has 1 unspecified atom stereocenters. The third-order valence-electron chi connectivity index (χ3n) is 4.94. The number of likely N-dealkylation sites (tertiary alicyclic amines) is 1. The zero-order chi connectivity index (χ0) is 19.2. The maximum absolute atomic E-state index is 13.8. The molecular formula is C20H28FN5O. The van der Waals surface area contributed by atoms with Gasteiger partial charge in [0, 0.05) is 52.6 Å². The molecule has 1 aliphatic rings. The van der Waals surface area contributed by atoms with Gasteiger partial charge in [-0.2, -0.15) is 5.10 Å². The zero-order valence-electron chi connectivity index (χ0n) is 16.3. The molecule has 1 N–H and O–H groups in total. The SMILES string of the molecule is CN=C(NCc1ccc(F)c(COC)c1)N1CCC(Cc2cnn(C)c2)C1. The van der Waals surface area contributed by atoms with Crippen molar-refractivity contribution in [2.75, 3.05) is 27.2 Å². The van der Waals surface area contributed by atoms with Crippen molar-refractivity contribution >= 4 is 5.96 Å². The molecular weight excluding hydrogens is 345 g/mol. The molecule has 0 spiro atoms. The molecule has 2 aromatic rings. The van der Waals surface area contributed by atoms with Gasteiger partial charge in [-0.1, -0.05) is 6.07 Å². The molecule has 7 heteroatoms. The summed E-state index contributed by atoms with van der Waals surface area (Å²) in [5, 5.41) is 7.65. The van der Waals surface area contributed by atoms with Gasteiger partial charge in [-0.15, -0.1) is 0 Å². The minimum Gasteiger partial charge on any atom is -0.380 e. The average Bonchev–Trinajstić information content (AvgIpc) is 3.28. The van der Waals surface area contributed by atoms with Crippen molar-refractivity contribution in [2.24, 2.45) is 18.0 Å². The van der Waals surface area contributed by atoms with Gasteiger partial charge < -0.3 is 15.0 Å². The van der Waals surface area contributed by atoms with E-state index in [1.54, 1.807) is 20.2 Å². The minimum atomic E-state index is -0.234. The van der Waals surface area contributed by atoms with Gasteiger partial charge in [0.05, 0.1) is 12.8 Å². The Kier molecular flexibility index (Phi) is 6.45. The maximum Gasteiger partial charge on any atom is 0.193 e. The number of hydrogen-bond donors (Lipinski definition) is 1. The molecule has 1 aliphatic heterocycles. The summed E-state index contributed by atoms with van der Waals surface area (Å²) in [5.41, 5.74) is 2.87. The van der Waals surface area contributed by atoms with E-state index in [0.717, 1.165) is 37.5 Å². The highest BCUT2D eigenvalue weighted by Gasteiger charge is 2.25. The van der Waals surface area contributed by atoms with E-state index in [1.807, 2.05) is 24.0 Å². The highest BCUT2D eigenvalue weighted by atomic mass is 19.1. The van der Waals surface area contributed by atoms with Gasteiger partial charge in [0.1, 0.15) is 5.82 Å². The molecule has 1 saturated heterocycles. The van der Waals surface area contributed by atoms with Crippen LogP contribution in [-0.4, -0.2) is 47.9 Å². The van der Waals surface area contributed by atoms with Crippen LogP contribution in [0, 0.1) is 11.7 Å². The highest BCUT2D eigenvalue weighted by molar-refractivity contribution is 5.80. The highest BCUT2D eigenvalue weighted by Crippen LogP contribution is 2.21. The predicted molar refractivity (Wildman–Crippen MR) is 104 cm³/mol. The Hall–Kier alpha value is -2.41. The lowest BCUT2D eigenvalue weighted by atomic mass is 10.0. The molecule has 146 valence electrons. The number of aliphatic imine (C=N–C) groups is 1. The van der Waals surface area contributed by atoms with Gasteiger partial charge >= 0.3 is 0 Å². The third kappa shape index (κ3) is 5.07. The first kappa shape index (κ1) is 19.4. The first-order chi connectivity index (χ1) is 13.1.